The number of oxazole rings is 1. The summed E-state index contributed by atoms with van der Waals surface area (Å²) in [6.07, 6.45) is 5.18. The van der Waals surface area contributed by atoms with Crippen molar-refractivity contribution in [1.29, 1.82) is 0 Å². The third-order valence-electron chi connectivity index (χ3n) is 5.40. The SMILES string of the molecule is Cc1cnc(CN(C)[C@@H]2CCN(CCc3ccc4c(c3)CCO4)C2)o1. The number of aryl methyl sites for hydroxylation is 1. The molecular formula is C20H27N3O2. The minimum Gasteiger partial charge on any atom is -0.493 e. The smallest absolute Gasteiger partial charge is 0.208 e. The van der Waals surface area contributed by atoms with Gasteiger partial charge in [-0.2, -0.15) is 0 Å². The molecule has 134 valence electrons. The van der Waals surface area contributed by atoms with E-state index in [2.05, 4.69) is 40.0 Å². The van der Waals surface area contributed by atoms with E-state index in [4.69, 9.17) is 9.15 Å². The van der Waals surface area contributed by atoms with Crippen molar-refractivity contribution in [2.75, 3.05) is 33.3 Å². The summed E-state index contributed by atoms with van der Waals surface area (Å²) in [4.78, 5) is 9.27. The van der Waals surface area contributed by atoms with Crippen molar-refractivity contribution >= 4 is 0 Å². The molecule has 2 aliphatic rings. The Labute approximate surface area is 149 Å². The lowest BCUT2D eigenvalue weighted by Gasteiger charge is -2.23. The van der Waals surface area contributed by atoms with Gasteiger partial charge in [-0.1, -0.05) is 12.1 Å². The summed E-state index contributed by atoms with van der Waals surface area (Å²) in [6, 6.07) is 7.26. The molecule has 1 fully saturated rings. The number of nitrogens with zero attached hydrogens (tertiary/aromatic N) is 3. The third kappa shape index (κ3) is 3.88. The van der Waals surface area contributed by atoms with Crippen LogP contribution < -0.4 is 4.74 Å². The fourth-order valence-electron chi connectivity index (χ4n) is 3.87. The van der Waals surface area contributed by atoms with Gasteiger partial charge in [-0.15, -0.1) is 0 Å². The Hall–Kier alpha value is -1.85. The lowest BCUT2D eigenvalue weighted by atomic mass is 10.1. The second-order valence-corrected chi connectivity index (χ2v) is 7.31. The average molecular weight is 341 g/mol. The number of benzene rings is 1. The van der Waals surface area contributed by atoms with Gasteiger partial charge in [-0.3, -0.25) is 4.90 Å². The van der Waals surface area contributed by atoms with Gasteiger partial charge < -0.3 is 14.1 Å². The summed E-state index contributed by atoms with van der Waals surface area (Å²) >= 11 is 0. The molecule has 3 heterocycles. The molecule has 0 aliphatic carbocycles. The van der Waals surface area contributed by atoms with Crippen molar-refractivity contribution in [1.82, 2.24) is 14.8 Å². The van der Waals surface area contributed by atoms with Gasteiger partial charge >= 0.3 is 0 Å². The molecule has 0 amide bonds. The van der Waals surface area contributed by atoms with E-state index in [1.165, 1.54) is 24.1 Å². The zero-order chi connectivity index (χ0) is 17.2. The Kier molecular flexibility index (Phi) is 4.77. The predicted octanol–water partition coefficient (Wildman–Crippen LogP) is 2.67. The lowest BCUT2D eigenvalue weighted by Crippen LogP contribution is -2.34. The number of aromatic nitrogens is 1. The van der Waals surface area contributed by atoms with Crippen LogP contribution in [0.2, 0.25) is 0 Å². The van der Waals surface area contributed by atoms with Crippen molar-refractivity contribution in [3.05, 3.63) is 47.2 Å². The van der Waals surface area contributed by atoms with Crippen LogP contribution in [0.15, 0.2) is 28.8 Å². The first-order chi connectivity index (χ1) is 12.2. The number of hydrogen-bond acceptors (Lipinski definition) is 5. The van der Waals surface area contributed by atoms with E-state index in [9.17, 15) is 0 Å². The fourth-order valence-corrected chi connectivity index (χ4v) is 3.87. The van der Waals surface area contributed by atoms with Crippen LogP contribution in [-0.4, -0.2) is 54.1 Å². The molecule has 5 nitrogen and oxygen atoms in total. The van der Waals surface area contributed by atoms with Gasteiger partial charge in [0.05, 0.1) is 19.3 Å². The molecule has 0 bridgehead atoms. The summed E-state index contributed by atoms with van der Waals surface area (Å²) in [5.74, 6) is 2.78. The Morgan fingerprint density at radius 1 is 1.36 bits per heavy atom. The van der Waals surface area contributed by atoms with Crippen LogP contribution in [0.5, 0.6) is 5.75 Å². The Morgan fingerprint density at radius 3 is 3.12 bits per heavy atom. The van der Waals surface area contributed by atoms with E-state index in [-0.39, 0.29) is 0 Å². The number of rotatable bonds is 6. The second kappa shape index (κ2) is 7.18. The number of likely N-dealkylation sites (tertiary alicyclic amines) is 1. The number of ether oxygens (including phenoxy) is 1. The molecule has 2 aromatic rings. The highest BCUT2D eigenvalue weighted by Gasteiger charge is 2.26. The van der Waals surface area contributed by atoms with E-state index in [1.54, 1.807) is 6.20 Å². The summed E-state index contributed by atoms with van der Waals surface area (Å²) < 4.78 is 11.2. The standard InChI is InChI=1S/C20H27N3O2/c1-15-12-21-20(25-15)14-22(2)18-6-9-23(13-18)8-5-16-3-4-19-17(11-16)7-10-24-19/h3-4,11-12,18H,5-10,13-14H2,1-2H3/t18-/m1/s1. The van der Waals surface area contributed by atoms with Gasteiger partial charge in [-0.05, 0) is 50.6 Å². The largest absolute Gasteiger partial charge is 0.493 e. The Bertz CT molecular complexity index is 727. The monoisotopic (exact) mass is 341 g/mol. The molecule has 0 spiro atoms. The summed E-state index contributed by atoms with van der Waals surface area (Å²) in [5.41, 5.74) is 2.80. The highest BCUT2D eigenvalue weighted by Crippen LogP contribution is 2.26. The maximum absolute atomic E-state index is 5.61. The third-order valence-corrected chi connectivity index (χ3v) is 5.40. The highest BCUT2D eigenvalue weighted by atomic mass is 16.5. The van der Waals surface area contributed by atoms with Crippen LogP contribution in [0.3, 0.4) is 0 Å². The number of likely N-dealkylation sites (N-methyl/N-ethyl adjacent to an activating group) is 1. The molecule has 0 radical (unpaired) electrons. The molecule has 1 aromatic carbocycles. The second-order valence-electron chi connectivity index (χ2n) is 7.31. The van der Waals surface area contributed by atoms with Crippen LogP contribution in [-0.2, 0) is 19.4 Å². The zero-order valence-electron chi connectivity index (χ0n) is 15.2. The van der Waals surface area contributed by atoms with E-state index < -0.39 is 0 Å². The van der Waals surface area contributed by atoms with Gasteiger partial charge in [0.1, 0.15) is 11.5 Å². The topological polar surface area (TPSA) is 41.7 Å². The summed E-state index contributed by atoms with van der Waals surface area (Å²) in [5, 5.41) is 0. The maximum atomic E-state index is 5.61. The van der Waals surface area contributed by atoms with Gasteiger partial charge in [0.15, 0.2) is 0 Å². The first kappa shape index (κ1) is 16.6. The molecule has 0 unspecified atom stereocenters. The van der Waals surface area contributed by atoms with Crippen molar-refractivity contribution in [3.63, 3.8) is 0 Å². The van der Waals surface area contributed by atoms with Crippen molar-refractivity contribution in [2.24, 2.45) is 0 Å². The van der Waals surface area contributed by atoms with Gasteiger partial charge in [-0.25, -0.2) is 4.98 Å². The van der Waals surface area contributed by atoms with Crippen LogP contribution in [0.25, 0.3) is 0 Å². The van der Waals surface area contributed by atoms with Crippen molar-refractivity contribution in [3.8, 4) is 5.75 Å². The molecule has 2 aliphatic heterocycles. The molecule has 25 heavy (non-hydrogen) atoms. The first-order valence-corrected chi connectivity index (χ1v) is 9.26. The van der Waals surface area contributed by atoms with Gasteiger partial charge in [0.25, 0.3) is 0 Å². The lowest BCUT2D eigenvalue weighted by molar-refractivity contribution is 0.206. The fraction of sp³-hybridized carbons (Fsp3) is 0.550. The van der Waals surface area contributed by atoms with E-state index in [0.717, 1.165) is 56.5 Å². The quantitative estimate of drug-likeness (QED) is 0.808. The van der Waals surface area contributed by atoms with Crippen LogP contribution in [0.4, 0.5) is 0 Å². The van der Waals surface area contributed by atoms with Crippen LogP contribution in [0, 0.1) is 6.92 Å². The van der Waals surface area contributed by atoms with Gasteiger partial charge in [0, 0.05) is 25.6 Å². The minimum absolute atomic E-state index is 0.584. The summed E-state index contributed by atoms with van der Waals surface area (Å²) in [6.45, 7) is 7.00. The van der Waals surface area contributed by atoms with E-state index in [1.807, 2.05) is 6.92 Å². The number of fused-ring (bicyclic) bond motifs is 1. The highest BCUT2D eigenvalue weighted by molar-refractivity contribution is 5.39. The maximum Gasteiger partial charge on any atom is 0.208 e. The zero-order valence-corrected chi connectivity index (χ0v) is 15.2. The minimum atomic E-state index is 0.584. The molecule has 5 heteroatoms. The number of hydrogen-bond donors (Lipinski definition) is 0. The normalized spacial score (nSPS) is 20.2. The van der Waals surface area contributed by atoms with E-state index in [0.29, 0.717) is 6.04 Å². The van der Waals surface area contributed by atoms with Crippen molar-refractivity contribution < 1.29 is 9.15 Å². The molecule has 0 N–H and O–H groups in total. The van der Waals surface area contributed by atoms with Crippen molar-refractivity contribution in [2.45, 2.75) is 38.8 Å². The van der Waals surface area contributed by atoms with Gasteiger partial charge in [0.2, 0.25) is 5.89 Å². The average Bonchev–Trinajstić information content (AvgIpc) is 3.33. The first-order valence-electron chi connectivity index (χ1n) is 9.26. The Balaban J connectivity index is 1.26. The molecule has 1 saturated heterocycles. The molecular weight excluding hydrogens is 314 g/mol. The molecule has 1 atom stereocenters. The summed E-state index contributed by atoms with van der Waals surface area (Å²) in [7, 11) is 2.17. The van der Waals surface area contributed by atoms with Crippen LogP contribution in [0.1, 0.15) is 29.2 Å². The Morgan fingerprint density at radius 2 is 2.28 bits per heavy atom. The molecule has 4 rings (SSSR count). The predicted molar refractivity (Wildman–Crippen MR) is 96.9 cm³/mol. The van der Waals surface area contributed by atoms with E-state index >= 15 is 0 Å². The molecule has 0 saturated carbocycles. The van der Waals surface area contributed by atoms with Crippen LogP contribution >= 0.6 is 0 Å². The molecule has 1 aromatic heterocycles.